The molecule has 3 heterocycles. The molecule has 0 aliphatic carbocycles. The fraction of sp³-hybridized carbons (Fsp3) is 0.316. The summed E-state index contributed by atoms with van der Waals surface area (Å²) < 4.78 is 13.1. The van der Waals surface area contributed by atoms with Gasteiger partial charge in [-0.15, -0.1) is 11.3 Å². The molecule has 1 saturated heterocycles. The van der Waals surface area contributed by atoms with Gasteiger partial charge in [0, 0.05) is 29.2 Å². The molecule has 7 heteroatoms. The molecule has 1 amide bonds. The van der Waals surface area contributed by atoms with E-state index in [0.29, 0.717) is 6.42 Å². The zero-order valence-electron chi connectivity index (χ0n) is 14.2. The van der Waals surface area contributed by atoms with Crippen molar-refractivity contribution < 1.29 is 9.18 Å². The molecule has 3 aromatic rings. The first-order valence-electron chi connectivity index (χ1n) is 8.69. The molecule has 26 heavy (non-hydrogen) atoms. The van der Waals surface area contributed by atoms with E-state index >= 15 is 0 Å². The topological polar surface area (TPSA) is 61.9 Å². The van der Waals surface area contributed by atoms with Crippen LogP contribution in [0.25, 0.3) is 11.3 Å². The average molecular weight is 370 g/mol. The number of nitrogens with one attached hydrogen (secondary N) is 1. The summed E-state index contributed by atoms with van der Waals surface area (Å²) in [6.07, 6.45) is 7.06. The quantitative estimate of drug-likeness (QED) is 0.756. The van der Waals surface area contributed by atoms with Crippen LogP contribution in [0.3, 0.4) is 0 Å². The van der Waals surface area contributed by atoms with Gasteiger partial charge in [-0.3, -0.25) is 9.89 Å². The fourth-order valence-corrected chi connectivity index (χ4v) is 4.19. The molecule has 1 aromatic carbocycles. The Morgan fingerprint density at radius 2 is 2.15 bits per heavy atom. The normalized spacial score (nSPS) is 17.4. The van der Waals surface area contributed by atoms with Crippen molar-refractivity contribution in [2.75, 3.05) is 6.54 Å². The number of carbonyl (C=O) groups excluding carboxylic acids is 1. The molecule has 134 valence electrons. The standard InChI is InChI=1S/C19H19FN4OS/c20-15-6-4-13(5-7-15)16-12-26-18(23-16)9-19(25)24-8-2-1-3-17(24)14-10-21-22-11-14/h4-7,10-12,17H,1-3,8-9H2,(H,21,22). The minimum atomic E-state index is -0.269. The Morgan fingerprint density at radius 1 is 1.31 bits per heavy atom. The largest absolute Gasteiger partial charge is 0.335 e. The number of likely N-dealkylation sites (tertiary alicyclic amines) is 1. The molecule has 0 bridgehead atoms. The Labute approximate surface area is 154 Å². The number of aromatic amines is 1. The predicted octanol–water partition coefficient (Wildman–Crippen LogP) is 3.97. The van der Waals surface area contributed by atoms with Gasteiger partial charge in [0.05, 0.1) is 24.4 Å². The third-order valence-electron chi connectivity index (χ3n) is 4.72. The summed E-state index contributed by atoms with van der Waals surface area (Å²) >= 11 is 1.47. The van der Waals surface area contributed by atoms with E-state index in [9.17, 15) is 9.18 Å². The minimum Gasteiger partial charge on any atom is -0.335 e. The molecule has 1 fully saturated rings. The summed E-state index contributed by atoms with van der Waals surface area (Å²) in [4.78, 5) is 19.4. The number of nitrogens with zero attached hydrogens (tertiary/aromatic N) is 3. The Bertz CT molecular complexity index is 875. The van der Waals surface area contributed by atoms with Crippen LogP contribution in [0, 0.1) is 5.82 Å². The van der Waals surface area contributed by atoms with Crippen molar-refractivity contribution in [3.63, 3.8) is 0 Å². The number of thiazole rings is 1. The highest BCUT2D eigenvalue weighted by Gasteiger charge is 2.29. The number of hydrogen-bond donors (Lipinski definition) is 1. The molecule has 1 aliphatic rings. The molecule has 1 atom stereocenters. The lowest BCUT2D eigenvalue weighted by Crippen LogP contribution is -2.39. The third-order valence-corrected chi connectivity index (χ3v) is 5.57. The van der Waals surface area contributed by atoms with Crippen molar-refractivity contribution >= 4 is 17.2 Å². The van der Waals surface area contributed by atoms with Gasteiger partial charge in [0.2, 0.25) is 5.91 Å². The molecule has 0 saturated carbocycles. The maximum Gasteiger partial charge on any atom is 0.229 e. The summed E-state index contributed by atoms with van der Waals surface area (Å²) in [5.74, 6) is -0.175. The van der Waals surface area contributed by atoms with Gasteiger partial charge in [-0.05, 0) is 43.5 Å². The summed E-state index contributed by atoms with van der Waals surface area (Å²) in [5, 5.41) is 9.55. The van der Waals surface area contributed by atoms with E-state index < -0.39 is 0 Å². The van der Waals surface area contributed by atoms with Crippen LogP contribution in [0.5, 0.6) is 0 Å². The monoisotopic (exact) mass is 370 g/mol. The fourth-order valence-electron chi connectivity index (χ4n) is 3.40. The number of piperidine rings is 1. The number of H-pyrrole nitrogens is 1. The maximum absolute atomic E-state index is 13.1. The van der Waals surface area contributed by atoms with E-state index in [4.69, 9.17) is 0 Å². The number of benzene rings is 1. The van der Waals surface area contributed by atoms with Crippen molar-refractivity contribution in [1.29, 1.82) is 0 Å². The minimum absolute atomic E-state index is 0.0894. The maximum atomic E-state index is 13.1. The summed E-state index contributed by atoms with van der Waals surface area (Å²) in [7, 11) is 0. The van der Waals surface area contributed by atoms with Gasteiger partial charge in [-0.1, -0.05) is 0 Å². The van der Waals surface area contributed by atoms with Crippen molar-refractivity contribution in [2.45, 2.75) is 31.7 Å². The molecule has 0 radical (unpaired) electrons. The van der Waals surface area contributed by atoms with Crippen molar-refractivity contribution in [3.05, 3.63) is 58.4 Å². The lowest BCUT2D eigenvalue weighted by atomic mass is 9.97. The number of amides is 1. The molecular formula is C19H19FN4OS. The van der Waals surface area contributed by atoms with Crippen LogP contribution < -0.4 is 0 Å². The van der Waals surface area contributed by atoms with Gasteiger partial charge in [0.1, 0.15) is 10.8 Å². The van der Waals surface area contributed by atoms with Gasteiger partial charge in [0.15, 0.2) is 0 Å². The van der Waals surface area contributed by atoms with Gasteiger partial charge < -0.3 is 4.90 Å². The zero-order chi connectivity index (χ0) is 17.9. The first-order chi connectivity index (χ1) is 12.7. The Hall–Kier alpha value is -2.54. The molecule has 1 aliphatic heterocycles. The van der Waals surface area contributed by atoms with Crippen molar-refractivity contribution in [1.82, 2.24) is 20.1 Å². The summed E-state index contributed by atoms with van der Waals surface area (Å²) in [6, 6.07) is 6.34. The van der Waals surface area contributed by atoms with E-state index in [-0.39, 0.29) is 17.8 Å². The van der Waals surface area contributed by atoms with Crippen LogP contribution in [0.2, 0.25) is 0 Å². The van der Waals surface area contributed by atoms with Gasteiger partial charge >= 0.3 is 0 Å². The van der Waals surface area contributed by atoms with E-state index in [1.807, 2.05) is 16.5 Å². The SMILES string of the molecule is O=C(Cc1nc(-c2ccc(F)cc2)cs1)N1CCCCC1c1cn[nH]c1. The van der Waals surface area contributed by atoms with E-state index in [1.165, 1.54) is 23.5 Å². The molecule has 4 rings (SSSR count). The van der Waals surface area contributed by atoms with E-state index in [1.54, 1.807) is 18.3 Å². The van der Waals surface area contributed by atoms with Crippen LogP contribution in [0.4, 0.5) is 4.39 Å². The third kappa shape index (κ3) is 3.53. The molecule has 1 unspecified atom stereocenters. The molecular weight excluding hydrogens is 351 g/mol. The smallest absolute Gasteiger partial charge is 0.229 e. The molecule has 2 aromatic heterocycles. The van der Waals surface area contributed by atoms with Crippen LogP contribution in [0.15, 0.2) is 42.0 Å². The zero-order valence-corrected chi connectivity index (χ0v) is 15.0. The van der Waals surface area contributed by atoms with Crippen LogP contribution in [-0.2, 0) is 11.2 Å². The average Bonchev–Trinajstić information content (AvgIpc) is 3.34. The Kier molecular flexibility index (Phi) is 4.79. The lowest BCUT2D eigenvalue weighted by molar-refractivity contribution is -0.134. The van der Waals surface area contributed by atoms with Gasteiger partial charge in [-0.2, -0.15) is 5.10 Å². The first kappa shape index (κ1) is 16.9. The Morgan fingerprint density at radius 3 is 2.92 bits per heavy atom. The number of halogens is 1. The van der Waals surface area contributed by atoms with Crippen molar-refractivity contribution in [3.8, 4) is 11.3 Å². The second-order valence-electron chi connectivity index (χ2n) is 6.44. The van der Waals surface area contributed by atoms with Crippen LogP contribution in [-0.4, -0.2) is 32.5 Å². The number of rotatable bonds is 4. The van der Waals surface area contributed by atoms with Gasteiger partial charge in [0.25, 0.3) is 0 Å². The number of aromatic nitrogens is 3. The number of carbonyl (C=O) groups is 1. The van der Waals surface area contributed by atoms with E-state index in [2.05, 4.69) is 15.2 Å². The Balaban J connectivity index is 1.48. The summed E-state index contributed by atoms with van der Waals surface area (Å²) in [6.45, 7) is 0.769. The van der Waals surface area contributed by atoms with Crippen LogP contribution in [0.1, 0.15) is 35.9 Å². The molecule has 1 N–H and O–H groups in total. The second kappa shape index (κ2) is 7.37. The highest BCUT2D eigenvalue weighted by atomic mass is 32.1. The van der Waals surface area contributed by atoms with Crippen LogP contribution >= 0.6 is 11.3 Å². The predicted molar refractivity (Wildman–Crippen MR) is 98.1 cm³/mol. The molecule has 5 nitrogen and oxygen atoms in total. The second-order valence-corrected chi connectivity index (χ2v) is 7.38. The highest BCUT2D eigenvalue weighted by molar-refractivity contribution is 7.10. The first-order valence-corrected chi connectivity index (χ1v) is 9.57. The highest BCUT2D eigenvalue weighted by Crippen LogP contribution is 2.31. The van der Waals surface area contributed by atoms with E-state index in [0.717, 1.165) is 47.6 Å². The number of hydrogen-bond acceptors (Lipinski definition) is 4. The summed E-state index contributed by atoms with van der Waals surface area (Å²) in [5.41, 5.74) is 2.70. The van der Waals surface area contributed by atoms with Gasteiger partial charge in [-0.25, -0.2) is 9.37 Å². The lowest BCUT2D eigenvalue weighted by Gasteiger charge is -2.35. The molecule has 0 spiro atoms. The van der Waals surface area contributed by atoms with Crippen molar-refractivity contribution in [2.24, 2.45) is 0 Å².